The van der Waals surface area contributed by atoms with Crippen molar-refractivity contribution in [2.75, 3.05) is 0 Å². The van der Waals surface area contributed by atoms with Crippen LogP contribution in [0.4, 0.5) is 0 Å². The second-order valence-corrected chi connectivity index (χ2v) is 3.85. The SMILES string of the molecule is CCCCC/C=C\C=C\CCCCC. The molecule has 0 fully saturated rings. The van der Waals surface area contributed by atoms with E-state index in [-0.39, 0.29) is 0 Å². The predicted octanol–water partition coefficient (Wildman–Crippen LogP) is 5.26. The minimum atomic E-state index is 1.24. The van der Waals surface area contributed by atoms with Crippen molar-refractivity contribution in [2.45, 2.75) is 65.2 Å². The fourth-order valence-electron chi connectivity index (χ4n) is 1.37. The van der Waals surface area contributed by atoms with Gasteiger partial charge in [-0.25, -0.2) is 0 Å². The lowest BCUT2D eigenvalue weighted by Crippen LogP contribution is -1.71. The first-order valence-corrected chi connectivity index (χ1v) is 6.23. The van der Waals surface area contributed by atoms with Crippen molar-refractivity contribution in [3.8, 4) is 0 Å². The highest BCUT2D eigenvalue weighted by Gasteiger charge is 1.81. The van der Waals surface area contributed by atoms with Crippen LogP contribution in [0.1, 0.15) is 65.2 Å². The van der Waals surface area contributed by atoms with Gasteiger partial charge in [-0.3, -0.25) is 0 Å². The average Bonchev–Trinajstić information content (AvgIpc) is 2.21. The summed E-state index contributed by atoms with van der Waals surface area (Å²) < 4.78 is 0. The van der Waals surface area contributed by atoms with Gasteiger partial charge >= 0.3 is 0 Å². The summed E-state index contributed by atoms with van der Waals surface area (Å²) in [6, 6.07) is 0. The second kappa shape index (κ2) is 12.5. The Morgan fingerprint density at radius 2 is 1.07 bits per heavy atom. The third-order valence-corrected chi connectivity index (χ3v) is 2.33. The van der Waals surface area contributed by atoms with Crippen LogP contribution in [0, 0.1) is 0 Å². The minimum Gasteiger partial charge on any atom is -0.0845 e. The molecule has 0 atom stereocenters. The van der Waals surface area contributed by atoms with Gasteiger partial charge in [0.25, 0.3) is 0 Å². The van der Waals surface area contributed by atoms with E-state index in [1.807, 2.05) is 0 Å². The molecule has 82 valence electrons. The van der Waals surface area contributed by atoms with Gasteiger partial charge in [-0.15, -0.1) is 0 Å². The first kappa shape index (κ1) is 13.5. The molecule has 0 saturated heterocycles. The fourth-order valence-corrected chi connectivity index (χ4v) is 1.37. The van der Waals surface area contributed by atoms with Crippen LogP contribution in [0.3, 0.4) is 0 Å². The lowest BCUT2D eigenvalue weighted by Gasteiger charge is -1.91. The van der Waals surface area contributed by atoms with Crippen LogP contribution in [0.15, 0.2) is 24.3 Å². The van der Waals surface area contributed by atoms with Gasteiger partial charge in [-0.05, 0) is 25.7 Å². The zero-order chi connectivity index (χ0) is 10.5. The maximum Gasteiger partial charge on any atom is -0.0348 e. The molecule has 0 bridgehead atoms. The molecule has 0 N–H and O–H groups in total. The third kappa shape index (κ3) is 11.5. The van der Waals surface area contributed by atoms with Gasteiger partial charge < -0.3 is 0 Å². The lowest BCUT2D eigenvalue weighted by molar-refractivity contribution is 0.727. The molecule has 0 amide bonds. The molecule has 0 aliphatic heterocycles. The largest absolute Gasteiger partial charge is 0.0845 e. The van der Waals surface area contributed by atoms with Crippen molar-refractivity contribution in [3.05, 3.63) is 24.3 Å². The molecular formula is C14H26. The third-order valence-electron chi connectivity index (χ3n) is 2.33. The van der Waals surface area contributed by atoms with Gasteiger partial charge in [0, 0.05) is 0 Å². The Hall–Kier alpha value is -0.520. The molecule has 0 heteroatoms. The maximum atomic E-state index is 2.28. The highest BCUT2D eigenvalue weighted by atomic mass is 13.9. The Labute approximate surface area is 90.1 Å². The smallest absolute Gasteiger partial charge is 0.0348 e. The van der Waals surface area contributed by atoms with E-state index >= 15 is 0 Å². The summed E-state index contributed by atoms with van der Waals surface area (Å²) in [5.41, 5.74) is 0. The minimum absolute atomic E-state index is 1.24. The normalized spacial score (nSPS) is 11.9. The van der Waals surface area contributed by atoms with Crippen LogP contribution >= 0.6 is 0 Å². The molecular weight excluding hydrogens is 168 g/mol. The number of rotatable bonds is 9. The standard InChI is InChI=1S/C14H26/c1-3-5-7-9-11-13-14-12-10-8-6-4-2/h11-14H,3-10H2,1-2H3/b13-11-,14-12+. The Morgan fingerprint density at radius 3 is 1.43 bits per heavy atom. The highest BCUT2D eigenvalue weighted by Crippen LogP contribution is 2.01. The molecule has 0 aromatic carbocycles. The zero-order valence-electron chi connectivity index (χ0n) is 9.97. The molecule has 0 aromatic heterocycles. The van der Waals surface area contributed by atoms with Crippen LogP contribution in [-0.4, -0.2) is 0 Å². The van der Waals surface area contributed by atoms with Crippen molar-refractivity contribution in [1.29, 1.82) is 0 Å². The van der Waals surface area contributed by atoms with Gasteiger partial charge in [-0.2, -0.15) is 0 Å². The van der Waals surface area contributed by atoms with Crippen LogP contribution < -0.4 is 0 Å². The van der Waals surface area contributed by atoms with E-state index in [0.29, 0.717) is 0 Å². The second-order valence-electron chi connectivity index (χ2n) is 3.85. The maximum absolute atomic E-state index is 2.28. The molecule has 0 aromatic rings. The Morgan fingerprint density at radius 1 is 0.643 bits per heavy atom. The van der Waals surface area contributed by atoms with Crippen molar-refractivity contribution < 1.29 is 0 Å². The summed E-state index contributed by atoms with van der Waals surface area (Å²) in [6.45, 7) is 4.49. The fraction of sp³-hybridized carbons (Fsp3) is 0.714. The van der Waals surface area contributed by atoms with E-state index in [4.69, 9.17) is 0 Å². The van der Waals surface area contributed by atoms with Crippen molar-refractivity contribution in [1.82, 2.24) is 0 Å². The molecule has 0 rings (SSSR count). The topological polar surface area (TPSA) is 0 Å². The highest BCUT2D eigenvalue weighted by molar-refractivity contribution is 5.02. The molecule has 14 heavy (non-hydrogen) atoms. The summed E-state index contributed by atoms with van der Waals surface area (Å²) >= 11 is 0. The Balaban J connectivity index is 3.15. The molecule has 0 saturated carbocycles. The van der Waals surface area contributed by atoms with Gasteiger partial charge in [0.15, 0.2) is 0 Å². The average molecular weight is 194 g/mol. The summed E-state index contributed by atoms with van der Waals surface area (Å²) in [5.74, 6) is 0. The zero-order valence-corrected chi connectivity index (χ0v) is 9.97. The monoisotopic (exact) mass is 194 g/mol. The van der Waals surface area contributed by atoms with Crippen LogP contribution in [-0.2, 0) is 0 Å². The van der Waals surface area contributed by atoms with Crippen molar-refractivity contribution >= 4 is 0 Å². The summed E-state index contributed by atoms with van der Waals surface area (Å²) in [6.07, 6.45) is 19.5. The van der Waals surface area contributed by atoms with E-state index in [0.717, 1.165) is 0 Å². The number of allylic oxidation sites excluding steroid dienone is 4. The van der Waals surface area contributed by atoms with Gasteiger partial charge in [0.1, 0.15) is 0 Å². The number of unbranched alkanes of at least 4 members (excludes halogenated alkanes) is 6. The van der Waals surface area contributed by atoms with Crippen LogP contribution in [0.2, 0.25) is 0 Å². The molecule has 0 aliphatic rings. The van der Waals surface area contributed by atoms with E-state index in [1.165, 1.54) is 51.4 Å². The molecule has 0 radical (unpaired) electrons. The summed E-state index contributed by atoms with van der Waals surface area (Å²) in [5, 5.41) is 0. The van der Waals surface area contributed by atoms with E-state index < -0.39 is 0 Å². The van der Waals surface area contributed by atoms with E-state index in [1.54, 1.807) is 0 Å². The molecule has 0 spiro atoms. The lowest BCUT2D eigenvalue weighted by atomic mass is 10.2. The molecule has 0 heterocycles. The summed E-state index contributed by atoms with van der Waals surface area (Å²) in [7, 11) is 0. The van der Waals surface area contributed by atoms with Gasteiger partial charge in [-0.1, -0.05) is 63.8 Å². The molecule has 0 nitrogen and oxygen atoms in total. The van der Waals surface area contributed by atoms with E-state index in [2.05, 4.69) is 38.2 Å². The number of hydrogen-bond acceptors (Lipinski definition) is 0. The van der Waals surface area contributed by atoms with Crippen molar-refractivity contribution in [2.24, 2.45) is 0 Å². The van der Waals surface area contributed by atoms with Crippen LogP contribution in [0.25, 0.3) is 0 Å². The van der Waals surface area contributed by atoms with Crippen LogP contribution in [0.5, 0.6) is 0 Å². The Kier molecular flexibility index (Phi) is 12.0. The van der Waals surface area contributed by atoms with Crippen molar-refractivity contribution in [3.63, 3.8) is 0 Å². The molecule has 0 unspecified atom stereocenters. The van der Waals surface area contributed by atoms with E-state index in [9.17, 15) is 0 Å². The quantitative estimate of drug-likeness (QED) is 0.347. The first-order chi connectivity index (χ1) is 6.91. The predicted molar refractivity (Wildman–Crippen MR) is 66.6 cm³/mol. The van der Waals surface area contributed by atoms with Gasteiger partial charge in [0.2, 0.25) is 0 Å². The first-order valence-electron chi connectivity index (χ1n) is 6.23. The summed E-state index contributed by atoms with van der Waals surface area (Å²) in [4.78, 5) is 0. The molecule has 0 aliphatic carbocycles. The Bertz CT molecular complexity index is 124. The number of hydrogen-bond donors (Lipinski definition) is 0. The van der Waals surface area contributed by atoms with Gasteiger partial charge in [0.05, 0.1) is 0 Å².